The summed E-state index contributed by atoms with van der Waals surface area (Å²) in [4.78, 5) is 19.6. The van der Waals surface area contributed by atoms with Crippen molar-refractivity contribution in [2.24, 2.45) is 0 Å². The lowest BCUT2D eigenvalue weighted by Gasteiger charge is -2.11. The maximum Gasteiger partial charge on any atom is 0.268 e. The highest BCUT2D eigenvalue weighted by molar-refractivity contribution is 7.15. The molecular weight excluding hydrogens is 458 g/mol. The van der Waals surface area contributed by atoms with Crippen molar-refractivity contribution < 1.29 is 9.53 Å². The third-order valence-electron chi connectivity index (χ3n) is 5.98. The molecule has 0 bridgehead atoms. The van der Waals surface area contributed by atoms with Crippen molar-refractivity contribution in [3.63, 3.8) is 0 Å². The van der Waals surface area contributed by atoms with E-state index in [2.05, 4.69) is 36.6 Å². The number of imidazole rings is 1. The predicted octanol–water partition coefficient (Wildman–Crippen LogP) is 6.55. The van der Waals surface area contributed by atoms with Gasteiger partial charge >= 0.3 is 0 Å². The minimum Gasteiger partial charge on any atom is -0.397 e. The Hall–Kier alpha value is -3.10. The van der Waals surface area contributed by atoms with Crippen LogP contribution in [0.25, 0.3) is 16.6 Å². The summed E-state index contributed by atoms with van der Waals surface area (Å²) in [5.41, 5.74) is 11.8. The van der Waals surface area contributed by atoms with Gasteiger partial charge in [0.05, 0.1) is 27.3 Å². The first-order valence-corrected chi connectivity index (χ1v) is 13.1. The normalized spacial score (nSPS) is 11.6. The second-order valence-corrected chi connectivity index (χ2v) is 9.27. The van der Waals surface area contributed by atoms with Gasteiger partial charge in [-0.05, 0) is 62.9 Å². The highest BCUT2D eigenvalue weighted by Gasteiger charge is 2.18. The molecule has 0 spiro atoms. The number of thiophene rings is 1. The summed E-state index contributed by atoms with van der Waals surface area (Å²) in [6, 6.07) is 7.70. The summed E-state index contributed by atoms with van der Waals surface area (Å²) in [6.45, 7) is 10.3. The number of anilines is 3. The largest absolute Gasteiger partial charge is 0.397 e. The molecular formula is C27H37N5O2S. The smallest absolute Gasteiger partial charge is 0.268 e. The summed E-state index contributed by atoms with van der Waals surface area (Å²) < 4.78 is 7.54. The number of nitrogens with one attached hydrogen (secondary N) is 2. The number of fused-ring (bicyclic) bond motifs is 1. The van der Waals surface area contributed by atoms with Gasteiger partial charge in [-0.15, -0.1) is 11.3 Å². The van der Waals surface area contributed by atoms with Crippen LogP contribution in [0, 0.1) is 0 Å². The Morgan fingerprint density at radius 2 is 1.94 bits per heavy atom. The molecule has 2 aromatic heterocycles. The average Bonchev–Trinajstić information content (AvgIpc) is 3.47. The highest BCUT2D eigenvalue weighted by Crippen LogP contribution is 2.30. The zero-order valence-corrected chi connectivity index (χ0v) is 22.2. The molecule has 4 N–H and O–H groups in total. The highest BCUT2D eigenvalue weighted by atomic mass is 32.1. The number of benzene rings is 1. The number of hydrogen-bond donors (Lipinski definition) is 3. The van der Waals surface area contributed by atoms with Gasteiger partial charge in [0.25, 0.3) is 5.91 Å². The average molecular weight is 496 g/mol. The topological polar surface area (TPSA) is 94.2 Å². The van der Waals surface area contributed by atoms with Crippen LogP contribution in [0.1, 0.15) is 61.5 Å². The van der Waals surface area contributed by atoms with E-state index in [4.69, 9.17) is 15.5 Å². The summed E-state index contributed by atoms with van der Waals surface area (Å²) in [5.74, 6) is 0.338. The van der Waals surface area contributed by atoms with Crippen LogP contribution in [-0.4, -0.2) is 35.7 Å². The maximum absolute atomic E-state index is 13.2. The molecule has 1 aromatic carbocycles. The Morgan fingerprint density at radius 1 is 1.20 bits per heavy atom. The van der Waals surface area contributed by atoms with E-state index in [1.807, 2.05) is 49.7 Å². The SMILES string of the molecule is C/C=C(\C=C(CC)CC)c1ccc(C(=O)Nc2nc3cc(N)c(NC)cc3n2CCCOCC)s1. The van der Waals surface area contributed by atoms with Crippen molar-refractivity contribution in [2.75, 3.05) is 36.6 Å². The van der Waals surface area contributed by atoms with Crippen LogP contribution in [0.3, 0.4) is 0 Å². The monoisotopic (exact) mass is 495 g/mol. The Bertz CT molecular complexity index is 1220. The third kappa shape index (κ3) is 6.32. The molecule has 0 aliphatic rings. The van der Waals surface area contributed by atoms with Gasteiger partial charge in [-0.3, -0.25) is 10.1 Å². The summed E-state index contributed by atoms with van der Waals surface area (Å²) in [6.07, 6.45) is 7.17. The van der Waals surface area contributed by atoms with E-state index < -0.39 is 0 Å². The van der Waals surface area contributed by atoms with Crippen molar-refractivity contribution in [1.29, 1.82) is 0 Å². The number of amides is 1. The van der Waals surface area contributed by atoms with E-state index in [-0.39, 0.29) is 5.91 Å². The molecule has 0 aliphatic heterocycles. The Labute approximate surface area is 212 Å². The molecule has 3 aromatic rings. The number of rotatable bonds is 12. The van der Waals surface area contributed by atoms with Gasteiger partial charge in [-0.2, -0.15) is 0 Å². The molecule has 0 fully saturated rings. The molecule has 2 heterocycles. The van der Waals surface area contributed by atoms with Crippen LogP contribution in [0.2, 0.25) is 0 Å². The fourth-order valence-corrected chi connectivity index (χ4v) is 4.89. The standard InChI is InChI=1S/C27H37N5O2S/c1-6-18(7-2)15-19(8-3)24-11-12-25(35-24)26(33)31-27-30-22-16-20(28)21(29-5)17-23(22)32(27)13-10-14-34-9-4/h8,11-12,15-17,29H,6-7,9-10,13-14,28H2,1-5H3,(H,30,31,33)/b19-8+. The first-order chi connectivity index (χ1) is 16.9. The zero-order valence-electron chi connectivity index (χ0n) is 21.4. The number of aromatic nitrogens is 2. The van der Waals surface area contributed by atoms with Crippen LogP contribution in [0.4, 0.5) is 17.3 Å². The first-order valence-electron chi connectivity index (χ1n) is 12.3. The quantitative estimate of drug-likeness (QED) is 0.150. The number of nitrogens with two attached hydrogens (primary N) is 1. The van der Waals surface area contributed by atoms with Crippen molar-refractivity contribution in [3.05, 3.63) is 51.7 Å². The summed E-state index contributed by atoms with van der Waals surface area (Å²) >= 11 is 1.49. The van der Waals surface area contributed by atoms with E-state index in [1.54, 1.807) is 0 Å². The predicted molar refractivity (Wildman–Crippen MR) is 149 cm³/mol. The van der Waals surface area contributed by atoms with E-state index in [0.29, 0.717) is 36.3 Å². The number of hydrogen-bond acceptors (Lipinski definition) is 6. The zero-order chi connectivity index (χ0) is 25.4. The van der Waals surface area contributed by atoms with Crippen molar-refractivity contribution >= 4 is 51.2 Å². The molecule has 8 heteroatoms. The lowest BCUT2D eigenvalue weighted by Crippen LogP contribution is -2.15. The van der Waals surface area contributed by atoms with Crippen molar-refractivity contribution in [1.82, 2.24) is 9.55 Å². The summed E-state index contributed by atoms with van der Waals surface area (Å²) in [5, 5.41) is 6.15. The van der Waals surface area contributed by atoms with Crippen LogP contribution in [0.15, 0.2) is 42.0 Å². The molecule has 0 atom stereocenters. The molecule has 0 aliphatic carbocycles. The van der Waals surface area contributed by atoms with Gasteiger partial charge < -0.3 is 20.4 Å². The molecule has 0 unspecified atom stereocenters. The van der Waals surface area contributed by atoms with Crippen molar-refractivity contribution in [3.8, 4) is 0 Å². The number of carbonyl (C=O) groups is 1. The third-order valence-corrected chi connectivity index (χ3v) is 7.11. The molecule has 188 valence electrons. The van der Waals surface area contributed by atoms with Gasteiger partial charge in [0.1, 0.15) is 0 Å². The number of carbonyl (C=O) groups excluding carboxylic acids is 1. The van der Waals surface area contributed by atoms with E-state index in [1.165, 1.54) is 16.9 Å². The van der Waals surface area contributed by atoms with Gasteiger partial charge in [0.15, 0.2) is 0 Å². The lowest BCUT2D eigenvalue weighted by atomic mass is 10.1. The maximum atomic E-state index is 13.2. The number of allylic oxidation sites excluding steroid dienone is 4. The molecule has 35 heavy (non-hydrogen) atoms. The Balaban J connectivity index is 1.89. The molecule has 0 radical (unpaired) electrons. The molecule has 1 amide bonds. The number of aryl methyl sites for hydroxylation is 1. The second kappa shape index (κ2) is 12.6. The summed E-state index contributed by atoms with van der Waals surface area (Å²) in [7, 11) is 1.84. The van der Waals surface area contributed by atoms with Crippen LogP contribution in [-0.2, 0) is 11.3 Å². The lowest BCUT2D eigenvalue weighted by molar-refractivity contribution is 0.102. The minimum atomic E-state index is -0.171. The fourth-order valence-electron chi connectivity index (χ4n) is 3.94. The van der Waals surface area contributed by atoms with Crippen LogP contribution in [0.5, 0.6) is 0 Å². The number of nitrogens with zero attached hydrogens (tertiary/aromatic N) is 2. The molecule has 3 rings (SSSR count). The first kappa shape index (κ1) is 26.5. The second-order valence-electron chi connectivity index (χ2n) is 8.19. The van der Waals surface area contributed by atoms with Crippen molar-refractivity contribution in [2.45, 2.75) is 53.5 Å². The molecule has 7 nitrogen and oxygen atoms in total. The number of ether oxygens (including phenoxy) is 1. The molecule has 0 saturated carbocycles. The van der Waals surface area contributed by atoms with Crippen LogP contribution < -0.4 is 16.4 Å². The van der Waals surface area contributed by atoms with Gasteiger partial charge in [-0.1, -0.05) is 31.6 Å². The van der Waals surface area contributed by atoms with Crippen LogP contribution >= 0.6 is 11.3 Å². The van der Waals surface area contributed by atoms with Gasteiger partial charge in [0, 0.05) is 31.7 Å². The van der Waals surface area contributed by atoms with Gasteiger partial charge in [0.2, 0.25) is 5.95 Å². The van der Waals surface area contributed by atoms with E-state index in [0.717, 1.165) is 46.4 Å². The Kier molecular flexibility index (Phi) is 9.51. The fraction of sp³-hybridized carbons (Fsp3) is 0.407. The van der Waals surface area contributed by atoms with Gasteiger partial charge in [-0.25, -0.2) is 4.98 Å². The Morgan fingerprint density at radius 3 is 2.60 bits per heavy atom. The molecule has 0 saturated heterocycles. The van der Waals surface area contributed by atoms with E-state index in [9.17, 15) is 4.79 Å². The van der Waals surface area contributed by atoms with E-state index >= 15 is 0 Å². The number of nitrogen functional groups attached to an aromatic ring is 1. The minimum absolute atomic E-state index is 0.171.